The predicted octanol–water partition coefficient (Wildman–Crippen LogP) is 3.10. The van der Waals surface area contributed by atoms with Crippen LogP contribution in [0.1, 0.15) is 17.3 Å². The molecule has 0 atom stereocenters. The molecule has 0 aliphatic carbocycles. The van der Waals surface area contributed by atoms with Gasteiger partial charge in [-0.25, -0.2) is 4.98 Å². The molecule has 20 heavy (non-hydrogen) atoms. The molecule has 2 aromatic heterocycles. The quantitative estimate of drug-likeness (QED) is 0.879. The number of alkyl halides is 3. The van der Waals surface area contributed by atoms with E-state index in [4.69, 9.17) is 16.1 Å². The van der Waals surface area contributed by atoms with Crippen LogP contribution in [0.3, 0.4) is 0 Å². The van der Waals surface area contributed by atoms with Crippen LogP contribution in [0.5, 0.6) is 0 Å². The molecule has 0 amide bonds. The molecule has 2 heterocycles. The van der Waals surface area contributed by atoms with Gasteiger partial charge in [0.1, 0.15) is 11.0 Å². The highest BCUT2D eigenvalue weighted by molar-refractivity contribution is 6.29. The zero-order valence-electron chi connectivity index (χ0n) is 10.3. The van der Waals surface area contributed by atoms with Crippen molar-refractivity contribution in [2.75, 3.05) is 11.9 Å². The van der Waals surface area contributed by atoms with Gasteiger partial charge in [-0.05, 0) is 19.1 Å². The first-order valence-corrected chi connectivity index (χ1v) is 6.00. The largest absolute Gasteiger partial charge is 0.416 e. The first kappa shape index (κ1) is 14.6. The molecular formula is C11H10ClF3N4O. The smallest absolute Gasteiger partial charge is 0.369 e. The summed E-state index contributed by atoms with van der Waals surface area (Å²) >= 11 is 5.56. The molecule has 5 nitrogen and oxygen atoms in total. The van der Waals surface area contributed by atoms with E-state index in [1.54, 1.807) is 6.92 Å². The van der Waals surface area contributed by atoms with E-state index in [1.165, 1.54) is 0 Å². The lowest BCUT2D eigenvalue weighted by Crippen LogP contribution is -2.10. The maximum atomic E-state index is 12.6. The molecule has 0 radical (unpaired) electrons. The summed E-state index contributed by atoms with van der Waals surface area (Å²) in [7, 11) is 0. The topological polar surface area (TPSA) is 63.8 Å². The van der Waals surface area contributed by atoms with E-state index < -0.39 is 11.7 Å². The minimum Gasteiger partial charge on any atom is -0.369 e. The number of aromatic nitrogens is 3. The molecule has 0 fully saturated rings. The fraction of sp³-hybridized carbons (Fsp3) is 0.364. The molecule has 0 aliphatic rings. The molecule has 1 N–H and O–H groups in total. The molecule has 0 saturated carbocycles. The Kier molecular flexibility index (Phi) is 4.12. The molecule has 0 saturated heterocycles. The summed E-state index contributed by atoms with van der Waals surface area (Å²) in [4.78, 5) is 7.74. The number of halogens is 4. The molecule has 0 aromatic carbocycles. The Morgan fingerprint density at radius 2 is 2.05 bits per heavy atom. The maximum absolute atomic E-state index is 12.6. The zero-order chi connectivity index (χ0) is 14.8. The lowest BCUT2D eigenvalue weighted by atomic mass is 10.2. The van der Waals surface area contributed by atoms with Crippen LogP contribution in [-0.2, 0) is 12.6 Å². The van der Waals surface area contributed by atoms with E-state index in [2.05, 4.69) is 20.4 Å². The third-order valence-electron chi connectivity index (χ3n) is 2.34. The Morgan fingerprint density at radius 3 is 2.65 bits per heavy atom. The Labute approximate surface area is 117 Å². The highest BCUT2D eigenvalue weighted by atomic mass is 35.5. The van der Waals surface area contributed by atoms with Gasteiger partial charge in [0.2, 0.25) is 5.89 Å². The van der Waals surface area contributed by atoms with Gasteiger partial charge in [0.15, 0.2) is 5.82 Å². The number of nitrogens with one attached hydrogen (secondary N) is 1. The summed E-state index contributed by atoms with van der Waals surface area (Å²) < 4.78 is 42.6. The maximum Gasteiger partial charge on any atom is 0.416 e. The fourth-order valence-corrected chi connectivity index (χ4v) is 1.70. The third-order valence-corrected chi connectivity index (χ3v) is 2.53. The Bertz CT molecular complexity index is 600. The minimum absolute atomic E-state index is 0.0427. The predicted molar refractivity (Wildman–Crippen MR) is 65.5 cm³/mol. The molecule has 0 spiro atoms. The zero-order valence-corrected chi connectivity index (χ0v) is 11.1. The van der Waals surface area contributed by atoms with Gasteiger partial charge < -0.3 is 9.84 Å². The highest BCUT2D eigenvalue weighted by Crippen LogP contribution is 2.31. The van der Waals surface area contributed by atoms with Crippen molar-refractivity contribution < 1.29 is 17.7 Å². The monoisotopic (exact) mass is 306 g/mol. The van der Waals surface area contributed by atoms with Gasteiger partial charge in [-0.15, -0.1) is 0 Å². The van der Waals surface area contributed by atoms with Gasteiger partial charge in [-0.1, -0.05) is 16.8 Å². The second kappa shape index (κ2) is 5.66. The summed E-state index contributed by atoms with van der Waals surface area (Å²) in [5.41, 5.74) is -0.853. The normalized spacial score (nSPS) is 11.7. The van der Waals surface area contributed by atoms with Gasteiger partial charge in [-0.2, -0.15) is 18.2 Å². The van der Waals surface area contributed by atoms with Crippen LogP contribution in [0, 0.1) is 6.92 Å². The van der Waals surface area contributed by atoms with E-state index in [0.29, 0.717) is 24.7 Å². The van der Waals surface area contributed by atoms with Crippen LogP contribution in [0.15, 0.2) is 16.7 Å². The van der Waals surface area contributed by atoms with Gasteiger partial charge in [0.25, 0.3) is 0 Å². The number of hydrogen-bond donors (Lipinski definition) is 1. The van der Waals surface area contributed by atoms with Crippen molar-refractivity contribution in [3.05, 3.63) is 34.6 Å². The van der Waals surface area contributed by atoms with Crippen molar-refractivity contribution in [2.24, 2.45) is 0 Å². The van der Waals surface area contributed by atoms with Crippen molar-refractivity contribution in [2.45, 2.75) is 19.5 Å². The van der Waals surface area contributed by atoms with Crippen molar-refractivity contribution in [1.82, 2.24) is 15.1 Å². The number of nitrogens with zero attached hydrogens (tertiary/aromatic N) is 3. The molecule has 2 rings (SSSR count). The van der Waals surface area contributed by atoms with Gasteiger partial charge >= 0.3 is 6.18 Å². The number of aryl methyl sites for hydroxylation is 1. The van der Waals surface area contributed by atoms with E-state index in [0.717, 1.165) is 12.1 Å². The second-order valence-corrected chi connectivity index (χ2v) is 4.36. The van der Waals surface area contributed by atoms with Crippen LogP contribution < -0.4 is 5.32 Å². The highest BCUT2D eigenvalue weighted by Gasteiger charge is 2.31. The van der Waals surface area contributed by atoms with E-state index in [1.807, 2.05) is 0 Å². The fourth-order valence-electron chi connectivity index (χ4n) is 1.49. The number of anilines is 1. The van der Waals surface area contributed by atoms with E-state index in [9.17, 15) is 13.2 Å². The first-order chi connectivity index (χ1) is 9.34. The molecular weight excluding hydrogens is 297 g/mol. The molecule has 0 aliphatic heterocycles. The van der Waals surface area contributed by atoms with Crippen LogP contribution in [-0.4, -0.2) is 21.7 Å². The first-order valence-electron chi connectivity index (χ1n) is 5.62. The van der Waals surface area contributed by atoms with Crippen LogP contribution >= 0.6 is 11.6 Å². The Morgan fingerprint density at radius 1 is 1.30 bits per heavy atom. The summed E-state index contributed by atoms with van der Waals surface area (Å²) in [6.45, 7) is 1.97. The van der Waals surface area contributed by atoms with E-state index >= 15 is 0 Å². The van der Waals surface area contributed by atoms with Crippen LogP contribution in [0.4, 0.5) is 19.0 Å². The van der Waals surface area contributed by atoms with Crippen LogP contribution in [0.2, 0.25) is 5.15 Å². The third kappa shape index (κ3) is 3.83. The SMILES string of the molecule is Cc1noc(CCNc2cc(C(F)(F)F)cc(Cl)n2)n1. The molecule has 2 aromatic rings. The summed E-state index contributed by atoms with van der Waals surface area (Å²) in [5, 5.41) is 6.11. The number of pyridine rings is 1. The summed E-state index contributed by atoms with van der Waals surface area (Å²) in [5.74, 6) is 0.939. The molecule has 108 valence electrons. The van der Waals surface area contributed by atoms with Crippen molar-refractivity contribution in [3.63, 3.8) is 0 Å². The molecule has 9 heteroatoms. The second-order valence-electron chi connectivity index (χ2n) is 3.97. The van der Waals surface area contributed by atoms with Crippen molar-refractivity contribution >= 4 is 17.4 Å². The lowest BCUT2D eigenvalue weighted by molar-refractivity contribution is -0.137. The lowest BCUT2D eigenvalue weighted by Gasteiger charge is -2.10. The Hall–Kier alpha value is -1.83. The molecule has 0 bridgehead atoms. The average Bonchev–Trinajstić information content (AvgIpc) is 2.73. The van der Waals surface area contributed by atoms with Crippen LogP contribution in [0.25, 0.3) is 0 Å². The van der Waals surface area contributed by atoms with Gasteiger partial charge in [-0.3, -0.25) is 0 Å². The summed E-state index contributed by atoms with van der Waals surface area (Å²) in [6.07, 6.45) is -4.09. The standard InChI is InChI=1S/C11H10ClF3N4O/c1-6-17-10(20-19-6)2-3-16-9-5-7(11(13,14)15)4-8(12)18-9/h4-5H,2-3H2,1H3,(H,16,18). The number of hydrogen-bond acceptors (Lipinski definition) is 5. The Balaban J connectivity index is 2.00. The average molecular weight is 307 g/mol. The van der Waals surface area contributed by atoms with Gasteiger partial charge in [0.05, 0.1) is 5.56 Å². The van der Waals surface area contributed by atoms with E-state index in [-0.39, 0.29) is 11.0 Å². The summed E-state index contributed by atoms with van der Waals surface area (Å²) in [6, 6.07) is 1.67. The molecule has 0 unspecified atom stereocenters. The van der Waals surface area contributed by atoms with Crippen molar-refractivity contribution in [3.8, 4) is 0 Å². The van der Waals surface area contributed by atoms with Gasteiger partial charge in [0, 0.05) is 13.0 Å². The number of rotatable bonds is 4. The minimum atomic E-state index is -4.47. The van der Waals surface area contributed by atoms with Crippen molar-refractivity contribution in [1.29, 1.82) is 0 Å².